The normalized spacial score (nSPS) is 20.7. The SMILES string of the molecule is COc1cccc2ccc(CNC3CCS(=O)(=O)C3)nc12. The third-order valence-electron chi connectivity index (χ3n) is 3.77. The Hall–Kier alpha value is -1.66. The van der Waals surface area contributed by atoms with Crippen LogP contribution in [0, 0.1) is 0 Å². The van der Waals surface area contributed by atoms with Crippen LogP contribution in [0.5, 0.6) is 5.75 Å². The highest BCUT2D eigenvalue weighted by Crippen LogP contribution is 2.23. The zero-order valence-electron chi connectivity index (χ0n) is 11.9. The number of methoxy groups -OCH3 is 1. The molecule has 2 heterocycles. The van der Waals surface area contributed by atoms with Crippen LogP contribution in [-0.2, 0) is 16.4 Å². The number of hydrogen-bond acceptors (Lipinski definition) is 5. The third-order valence-corrected chi connectivity index (χ3v) is 5.53. The molecule has 21 heavy (non-hydrogen) atoms. The van der Waals surface area contributed by atoms with Crippen molar-refractivity contribution in [3.8, 4) is 5.75 Å². The number of benzene rings is 1. The Kier molecular flexibility index (Phi) is 3.82. The van der Waals surface area contributed by atoms with Crippen LogP contribution in [0.1, 0.15) is 12.1 Å². The zero-order chi connectivity index (χ0) is 14.9. The number of sulfone groups is 1. The molecular weight excluding hydrogens is 288 g/mol. The Morgan fingerprint density at radius 1 is 1.33 bits per heavy atom. The van der Waals surface area contributed by atoms with Crippen molar-refractivity contribution in [3.63, 3.8) is 0 Å². The summed E-state index contributed by atoms with van der Waals surface area (Å²) < 4.78 is 28.2. The van der Waals surface area contributed by atoms with Gasteiger partial charge in [-0.1, -0.05) is 18.2 Å². The highest BCUT2D eigenvalue weighted by molar-refractivity contribution is 7.91. The van der Waals surface area contributed by atoms with E-state index in [9.17, 15) is 8.42 Å². The van der Waals surface area contributed by atoms with Gasteiger partial charge >= 0.3 is 0 Å². The van der Waals surface area contributed by atoms with Crippen LogP contribution in [0.3, 0.4) is 0 Å². The fraction of sp³-hybridized carbons (Fsp3) is 0.400. The molecule has 1 unspecified atom stereocenters. The molecule has 3 rings (SSSR count). The van der Waals surface area contributed by atoms with Crippen LogP contribution in [-0.4, -0.2) is 38.1 Å². The summed E-state index contributed by atoms with van der Waals surface area (Å²) in [7, 11) is -1.22. The number of aromatic nitrogens is 1. The molecule has 5 nitrogen and oxygen atoms in total. The van der Waals surface area contributed by atoms with Crippen molar-refractivity contribution in [2.24, 2.45) is 0 Å². The number of nitrogens with one attached hydrogen (secondary N) is 1. The Bertz CT molecular complexity index is 759. The molecule has 0 spiro atoms. The lowest BCUT2D eigenvalue weighted by molar-refractivity contribution is 0.418. The van der Waals surface area contributed by atoms with Crippen LogP contribution in [0.15, 0.2) is 30.3 Å². The van der Waals surface area contributed by atoms with E-state index in [1.54, 1.807) is 7.11 Å². The van der Waals surface area contributed by atoms with Crippen LogP contribution >= 0.6 is 0 Å². The van der Waals surface area contributed by atoms with Gasteiger partial charge in [-0.25, -0.2) is 13.4 Å². The molecule has 1 aromatic carbocycles. The Balaban J connectivity index is 1.76. The van der Waals surface area contributed by atoms with Gasteiger partial charge in [-0.2, -0.15) is 0 Å². The summed E-state index contributed by atoms with van der Waals surface area (Å²) in [6, 6.07) is 9.81. The predicted octanol–water partition coefficient (Wildman–Crippen LogP) is 1.52. The third kappa shape index (κ3) is 3.16. The van der Waals surface area contributed by atoms with Gasteiger partial charge < -0.3 is 10.1 Å². The highest BCUT2D eigenvalue weighted by atomic mass is 32.2. The van der Waals surface area contributed by atoms with E-state index in [0.29, 0.717) is 13.0 Å². The maximum Gasteiger partial charge on any atom is 0.151 e. The monoisotopic (exact) mass is 306 g/mol. The first-order valence-electron chi connectivity index (χ1n) is 6.94. The summed E-state index contributed by atoms with van der Waals surface area (Å²) in [6.45, 7) is 0.564. The molecule has 0 bridgehead atoms. The molecule has 1 aliphatic rings. The summed E-state index contributed by atoms with van der Waals surface area (Å²) in [4.78, 5) is 4.61. The summed E-state index contributed by atoms with van der Waals surface area (Å²) in [5.74, 6) is 1.26. The quantitative estimate of drug-likeness (QED) is 0.927. The van der Waals surface area contributed by atoms with Gasteiger partial charge in [0, 0.05) is 18.0 Å². The molecule has 0 aliphatic carbocycles. The van der Waals surface area contributed by atoms with Crippen molar-refractivity contribution in [3.05, 3.63) is 36.0 Å². The number of rotatable bonds is 4. The van der Waals surface area contributed by atoms with Gasteiger partial charge in [0.1, 0.15) is 11.3 Å². The van der Waals surface area contributed by atoms with Crippen LogP contribution < -0.4 is 10.1 Å². The topological polar surface area (TPSA) is 68.3 Å². The van der Waals surface area contributed by atoms with Crippen molar-refractivity contribution in [1.82, 2.24) is 10.3 Å². The Labute approximate surface area is 124 Å². The van der Waals surface area contributed by atoms with Gasteiger partial charge in [0.2, 0.25) is 0 Å². The van der Waals surface area contributed by atoms with Crippen molar-refractivity contribution in [2.75, 3.05) is 18.6 Å². The first kappa shape index (κ1) is 14.3. The molecule has 1 aromatic heterocycles. The van der Waals surface area contributed by atoms with Gasteiger partial charge in [0.05, 0.1) is 24.3 Å². The van der Waals surface area contributed by atoms with Gasteiger partial charge in [-0.05, 0) is 18.6 Å². The molecule has 0 radical (unpaired) electrons. The van der Waals surface area contributed by atoms with E-state index in [1.165, 1.54) is 0 Å². The van der Waals surface area contributed by atoms with E-state index in [-0.39, 0.29) is 17.5 Å². The average molecular weight is 306 g/mol. The summed E-state index contributed by atoms with van der Waals surface area (Å²) in [5.41, 5.74) is 1.72. The second-order valence-electron chi connectivity index (χ2n) is 5.32. The van der Waals surface area contributed by atoms with Crippen molar-refractivity contribution >= 4 is 20.7 Å². The van der Waals surface area contributed by atoms with Gasteiger partial charge in [0.15, 0.2) is 9.84 Å². The molecule has 1 atom stereocenters. The minimum absolute atomic E-state index is 0.0326. The van der Waals surface area contributed by atoms with E-state index < -0.39 is 9.84 Å². The first-order valence-corrected chi connectivity index (χ1v) is 8.76. The molecule has 0 amide bonds. The summed E-state index contributed by atoms with van der Waals surface area (Å²) >= 11 is 0. The molecule has 112 valence electrons. The second-order valence-corrected chi connectivity index (χ2v) is 7.54. The Morgan fingerprint density at radius 3 is 2.90 bits per heavy atom. The highest BCUT2D eigenvalue weighted by Gasteiger charge is 2.27. The van der Waals surface area contributed by atoms with Gasteiger partial charge in [-0.15, -0.1) is 0 Å². The summed E-state index contributed by atoms with van der Waals surface area (Å²) in [6.07, 6.45) is 0.680. The minimum Gasteiger partial charge on any atom is -0.494 e. The number of fused-ring (bicyclic) bond motifs is 1. The van der Waals surface area contributed by atoms with E-state index in [2.05, 4.69) is 10.3 Å². The maximum absolute atomic E-state index is 11.4. The largest absolute Gasteiger partial charge is 0.494 e. The van der Waals surface area contributed by atoms with E-state index >= 15 is 0 Å². The molecule has 1 fully saturated rings. The molecule has 6 heteroatoms. The van der Waals surface area contributed by atoms with E-state index in [4.69, 9.17) is 4.74 Å². The number of nitrogens with zero attached hydrogens (tertiary/aromatic N) is 1. The van der Waals surface area contributed by atoms with Crippen LogP contribution in [0.25, 0.3) is 10.9 Å². The molecule has 1 saturated heterocycles. The zero-order valence-corrected chi connectivity index (χ0v) is 12.7. The fourth-order valence-electron chi connectivity index (χ4n) is 2.63. The first-order chi connectivity index (χ1) is 10.1. The maximum atomic E-state index is 11.4. The van der Waals surface area contributed by atoms with Crippen molar-refractivity contribution < 1.29 is 13.2 Å². The lowest BCUT2D eigenvalue weighted by Gasteiger charge is -2.11. The molecular formula is C15H18N2O3S. The number of ether oxygens (including phenoxy) is 1. The second kappa shape index (κ2) is 5.61. The Morgan fingerprint density at radius 2 is 2.19 bits per heavy atom. The standard InChI is InChI=1S/C15H18N2O3S/c1-20-14-4-2-3-11-5-6-12(17-15(11)14)9-16-13-7-8-21(18,19)10-13/h2-6,13,16H,7-10H2,1H3. The minimum atomic E-state index is -2.85. The number of pyridine rings is 1. The van der Waals surface area contributed by atoms with Crippen LogP contribution in [0.4, 0.5) is 0 Å². The van der Waals surface area contributed by atoms with Gasteiger partial charge in [-0.3, -0.25) is 0 Å². The van der Waals surface area contributed by atoms with Crippen molar-refractivity contribution in [2.45, 2.75) is 19.0 Å². The van der Waals surface area contributed by atoms with E-state index in [0.717, 1.165) is 22.3 Å². The lowest BCUT2D eigenvalue weighted by atomic mass is 10.2. The fourth-order valence-corrected chi connectivity index (χ4v) is 4.34. The van der Waals surface area contributed by atoms with Crippen molar-refractivity contribution in [1.29, 1.82) is 0 Å². The molecule has 2 aromatic rings. The molecule has 1 aliphatic heterocycles. The summed E-state index contributed by atoms with van der Waals surface area (Å²) in [5, 5.41) is 4.30. The molecule has 1 N–H and O–H groups in total. The average Bonchev–Trinajstić information content (AvgIpc) is 2.83. The predicted molar refractivity (Wildman–Crippen MR) is 82.2 cm³/mol. The number of para-hydroxylation sites is 1. The smallest absolute Gasteiger partial charge is 0.151 e. The number of hydrogen-bond donors (Lipinski definition) is 1. The van der Waals surface area contributed by atoms with Crippen LogP contribution in [0.2, 0.25) is 0 Å². The molecule has 0 saturated carbocycles. The van der Waals surface area contributed by atoms with E-state index in [1.807, 2.05) is 30.3 Å². The van der Waals surface area contributed by atoms with Gasteiger partial charge in [0.25, 0.3) is 0 Å². The lowest BCUT2D eigenvalue weighted by Crippen LogP contribution is -2.29.